The van der Waals surface area contributed by atoms with E-state index in [0.29, 0.717) is 6.61 Å². The fourth-order valence-corrected chi connectivity index (χ4v) is 2.99. The predicted octanol–water partition coefficient (Wildman–Crippen LogP) is 4.36. The van der Waals surface area contributed by atoms with E-state index in [1.54, 1.807) is 7.11 Å². The minimum absolute atomic E-state index is 0.232. The maximum atomic E-state index is 5.58. The number of fused-ring (bicyclic) bond motifs is 1. The molecule has 3 rings (SSSR count). The third-order valence-corrected chi connectivity index (χ3v) is 4.10. The molecule has 0 spiro atoms. The Balaban J connectivity index is 1.97. The molecule has 1 atom stereocenters. The fourth-order valence-electron chi connectivity index (χ4n) is 2.99. The highest BCUT2D eigenvalue weighted by Crippen LogP contribution is 2.43. The van der Waals surface area contributed by atoms with Gasteiger partial charge in [0.25, 0.3) is 0 Å². The van der Waals surface area contributed by atoms with Gasteiger partial charge < -0.3 is 18.9 Å². The van der Waals surface area contributed by atoms with Gasteiger partial charge in [-0.2, -0.15) is 0 Å². The topological polar surface area (TPSA) is 36.9 Å². The third-order valence-electron chi connectivity index (χ3n) is 4.10. The Labute approximate surface area is 136 Å². The van der Waals surface area contributed by atoms with E-state index in [4.69, 9.17) is 18.9 Å². The van der Waals surface area contributed by atoms with E-state index in [0.717, 1.165) is 35.0 Å². The van der Waals surface area contributed by atoms with Crippen molar-refractivity contribution in [3.8, 4) is 23.0 Å². The molecule has 1 aliphatic heterocycles. The molecule has 0 saturated carbocycles. The zero-order valence-electron chi connectivity index (χ0n) is 13.8. The van der Waals surface area contributed by atoms with Crippen molar-refractivity contribution in [2.75, 3.05) is 20.5 Å². The summed E-state index contributed by atoms with van der Waals surface area (Å²) in [6.07, 6.45) is 0.962. The van der Waals surface area contributed by atoms with Crippen molar-refractivity contribution >= 4 is 0 Å². The lowest BCUT2D eigenvalue weighted by Gasteiger charge is -2.20. The van der Waals surface area contributed by atoms with Crippen LogP contribution in [0.1, 0.15) is 37.3 Å². The second-order valence-corrected chi connectivity index (χ2v) is 5.41. The van der Waals surface area contributed by atoms with Crippen molar-refractivity contribution in [1.82, 2.24) is 0 Å². The van der Waals surface area contributed by atoms with Gasteiger partial charge in [0.2, 0.25) is 6.79 Å². The number of hydrogen-bond donors (Lipinski definition) is 0. The molecular weight excluding hydrogens is 292 g/mol. The Kier molecular flexibility index (Phi) is 4.60. The van der Waals surface area contributed by atoms with Crippen LogP contribution >= 0.6 is 0 Å². The molecule has 0 radical (unpaired) electrons. The van der Waals surface area contributed by atoms with Crippen molar-refractivity contribution in [3.05, 3.63) is 47.5 Å². The number of ether oxygens (including phenoxy) is 4. The quantitative estimate of drug-likeness (QED) is 0.793. The van der Waals surface area contributed by atoms with Gasteiger partial charge in [-0.05, 0) is 37.1 Å². The molecule has 23 heavy (non-hydrogen) atoms. The summed E-state index contributed by atoms with van der Waals surface area (Å²) in [5, 5.41) is 0. The zero-order valence-corrected chi connectivity index (χ0v) is 13.8. The van der Waals surface area contributed by atoms with Crippen LogP contribution in [-0.2, 0) is 0 Å². The fraction of sp³-hybridized carbons (Fsp3) is 0.368. The SMILES string of the molecule is CCOc1ccc([C@@H](CC)c2cc3c(cc2OC)OCO3)cc1. The molecule has 4 heteroatoms. The molecule has 2 aromatic carbocycles. The average Bonchev–Trinajstić information content (AvgIpc) is 3.04. The first-order chi connectivity index (χ1) is 11.3. The number of hydrogen-bond acceptors (Lipinski definition) is 4. The van der Waals surface area contributed by atoms with Crippen molar-refractivity contribution in [2.45, 2.75) is 26.2 Å². The summed E-state index contributed by atoms with van der Waals surface area (Å²) in [6.45, 7) is 5.10. The molecule has 0 N–H and O–H groups in total. The van der Waals surface area contributed by atoms with Crippen molar-refractivity contribution in [2.24, 2.45) is 0 Å². The van der Waals surface area contributed by atoms with Crippen LogP contribution in [0.15, 0.2) is 36.4 Å². The Hall–Kier alpha value is -2.36. The van der Waals surface area contributed by atoms with Crippen LogP contribution in [0, 0.1) is 0 Å². The van der Waals surface area contributed by atoms with E-state index < -0.39 is 0 Å². The largest absolute Gasteiger partial charge is 0.496 e. The molecule has 0 aromatic heterocycles. The molecule has 0 unspecified atom stereocenters. The number of methoxy groups -OCH3 is 1. The van der Waals surface area contributed by atoms with Gasteiger partial charge in [0, 0.05) is 17.5 Å². The van der Waals surface area contributed by atoms with Crippen LogP contribution in [0.2, 0.25) is 0 Å². The van der Waals surface area contributed by atoms with Gasteiger partial charge in [0.15, 0.2) is 11.5 Å². The second kappa shape index (κ2) is 6.82. The highest BCUT2D eigenvalue weighted by Gasteiger charge is 2.23. The van der Waals surface area contributed by atoms with E-state index >= 15 is 0 Å². The van der Waals surface area contributed by atoms with E-state index in [1.165, 1.54) is 5.56 Å². The minimum Gasteiger partial charge on any atom is -0.496 e. The van der Waals surface area contributed by atoms with Crippen LogP contribution in [0.3, 0.4) is 0 Å². The van der Waals surface area contributed by atoms with E-state index in [1.807, 2.05) is 31.2 Å². The molecule has 0 saturated heterocycles. The van der Waals surface area contributed by atoms with Gasteiger partial charge in [0.05, 0.1) is 13.7 Å². The monoisotopic (exact) mass is 314 g/mol. The smallest absolute Gasteiger partial charge is 0.231 e. The molecule has 0 bridgehead atoms. The molecule has 0 fully saturated rings. The maximum Gasteiger partial charge on any atom is 0.231 e. The Bertz CT molecular complexity index is 664. The standard InChI is InChI=1S/C19H22O4/c1-4-15(13-6-8-14(9-7-13)21-5-2)16-10-18-19(23-12-22-18)11-17(16)20-3/h6-11,15H,4-5,12H2,1-3H3/t15-/m1/s1. The van der Waals surface area contributed by atoms with Crippen LogP contribution in [0.4, 0.5) is 0 Å². The third kappa shape index (κ3) is 3.07. The molecule has 0 amide bonds. The van der Waals surface area contributed by atoms with Gasteiger partial charge >= 0.3 is 0 Å². The normalized spacial score (nSPS) is 13.7. The second-order valence-electron chi connectivity index (χ2n) is 5.41. The summed E-state index contributed by atoms with van der Waals surface area (Å²) < 4.78 is 22.1. The average molecular weight is 314 g/mol. The molecule has 0 aliphatic carbocycles. The molecule has 2 aromatic rings. The summed E-state index contributed by atoms with van der Waals surface area (Å²) in [6, 6.07) is 12.2. The number of benzene rings is 2. The molecule has 4 nitrogen and oxygen atoms in total. The van der Waals surface area contributed by atoms with Crippen LogP contribution < -0.4 is 18.9 Å². The summed E-state index contributed by atoms with van der Waals surface area (Å²) in [4.78, 5) is 0. The van der Waals surface area contributed by atoms with Crippen LogP contribution in [0.5, 0.6) is 23.0 Å². The van der Waals surface area contributed by atoms with Crippen molar-refractivity contribution in [3.63, 3.8) is 0 Å². The molecular formula is C19H22O4. The Morgan fingerprint density at radius 1 is 1.04 bits per heavy atom. The lowest BCUT2D eigenvalue weighted by Crippen LogP contribution is -2.03. The first-order valence-electron chi connectivity index (χ1n) is 7.97. The lowest BCUT2D eigenvalue weighted by molar-refractivity contribution is 0.174. The highest BCUT2D eigenvalue weighted by molar-refractivity contribution is 5.55. The number of rotatable bonds is 6. The van der Waals surface area contributed by atoms with E-state index in [-0.39, 0.29) is 12.7 Å². The minimum atomic E-state index is 0.232. The van der Waals surface area contributed by atoms with Crippen molar-refractivity contribution < 1.29 is 18.9 Å². The van der Waals surface area contributed by atoms with Gasteiger partial charge in [-0.1, -0.05) is 19.1 Å². The zero-order chi connectivity index (χ0) is 16.2. The van der Waals surface area contributed by atoms with Gasteiger partial charge in [0.1, 0.15) is 11.5 Å². The molecule has 1 heterocycles. The molecule has 122 valence electrons. The first kappa shape index (κ1) is 15.5. The summed E-state index contributed by atoms with van der Waals surface area (Å²) >= 11 is 0. The van der Waals surface area contributed by atoms with E-state index in [9.17, 15) is 0 Å². The highest BCUT2D eigenvalue weighted by atomic mass is 16.7. The Morgan fingerprint density at radius 2 is 1.74 bits per heavy atom. The van der Waals surface area contributed by atoms with Gasteiger partial charge in [-0.3, -0.25) is 0 Å². The summed E-state index contributed by atoms with van der Waals surface area (Å²) in [5.41, 5.74) is 2.34. The van der Waals surface area contributed by atoms with Gasteiger partial charge in [-0.15, -0.1) is 0 Å². The van der Waals surface area contributed by atoms with Crippen LogP contribution in [-0.4, -0.2) is 20.5 Å². The van der Waals surface area contributed by atoms with Crippen LogP contribution in [0.25, 0.3) is 0 Å². The lowest BCUT2D eigenvalue weighted by atomic mass is 9.88. The summed E-state index contributed by atoms with van der Waals surface area (Å²) in [5.74, 6) is 3.48. The Morgan fingerprint density at radius 3 is 2.35 bits per heavy atom. The first-order valence-corrected chi connectivity index (χ1v) is 7.97. The van der Waals surface area contributed by atoms with Crippen molar-refractivity contribution in [1.29, 1.82) is 0 Å². The summed E-state index contributed by atoms with van der Waals surface area (Å²) in [7, 11) is 1.69. The predicted molar refractivity (Wildman–Crippen MR) is 88.9 cm³/mol. The molecule has 1 aliphatic rings. The van der Waals surface area contributed by atoms with Gasteiger partial charge in [-0.25, -0.2) is 0 Å². The van der Waals surface area contributed by atoms with E-state index in [2.05, 4.69) is 19.1 Å². The maximum absolute atomic E-state index is 5.58.